The molecule has 1 aliphatic heterocycles. The molecule has 118 valence electrons. The molecule has 9 heteroatoms. The predicted octanol–water partition coefficient (Wildman–Crippen LogP) is 1.36. The second kappa shape index (κ2) is 5.58. The molecular formula is C13H15N3O6. The van der Waals surface area contributed by atoms with Crippen LogP contribution in [0.25, 0.3) is 0 Å². The quantitative estimate of drug-likeness (QED) is 0.643. The third-order valence-electron chi connectivity index (χ3n) is 3.17. The SMILES string of the molecule is CC1(C)Oc2ccc([N+](=O)[O-])nc2N(CCCC(=O)O)C1=O. The lowest BCUT2D eigenvalue weighted by molar-refractivity contribution is -0.389. The number of hydrogen-bond acceptors (Lipinski definition) is 6. The highest BCUT2D eigenvalue weighted by molar-refractivity contribution is 6.01. The second-order valence-electron chi connectivity index (χ2n) is 5.31. The number of carbonyl (C=O) groups is 2. The molecule has 0 radical (unpaired) electrons. The van der Waals surface area contributed by atoms with E-state index in [1.807, 2.05) is 0 Å². The zero-order valence-corrected chi connectivity index (χ0v) is 12.1. The average Bonchev–Trinajstić information content (AvgIpc) is 2.41. The summed E-state index contributed by atoms with van der Waals surface area (Å²) < 4.78 is 5.53. The van der Waals surface area contributed by atoms with Crippen LogP contribution in [-0.2, 0) is 9.59 Å². The molecule has 1 aromatic heterocycles. The summed E-state index contributed by atoms with van der Waals surface area (Å²) >= 11 is 0. The zero-order valence-electron chi connectivity index (χ0n) is 12.1. The van der Waals surface area contributed by atoms with Crippen molar-refractivity contribution in [1.82, 2.24) is 4.98 Å². The first-order valence-electron chi connectivity index (χ1n) is 6.60. The number of carboxylic acid groups (broad SMARTS) is 1. The molecule has 1 N–H and O–H groups in total. The highest BCUT2D eigenvalue weighted by Crippen LogP contribution is 2.37. The average molecular weight is 309 g/mol. The maximum atomic E-state index is 12.4. The molecule has 1 aliphatic rings. The van der Waals surface area contributed by atoms with Crippen LogP contribution in [0.15, 0.2) is 12.1 Å². The van der Waals surface area contributed by atoms with E-state index in [1.54, 1.807) is 13.8 Å². The Balaban J connectivity index is 2.37. The number of carbonyl (C=O) groups excluding carboxylic acids is 1. The van der Waals surface area contributed by atoms with E-state index >= 15 is 0 Å². The number of rotatable bonds is 5. The fraction of sp³-hybridized carbons (Fsp3) is 0.462. The van der Waals surface area contributed by atoms with E-state index in [4.69, 9.17) is 9.84 Å². The van der Waals surface area contributed by atoms with Gasteiger partial charge in [0.2, 0.25) is 0 Å². The molecule has 0 fully saturated rings. The van der Waals surface area contributed by atoms with Crippen LogP contribution in [0, 0.1) is 10.1 Å². The van der Waals surface area contributed by atoms with Gasteiger partial charge in [-0.15, -0.1) is 0 Å². The molecule has 0 bridgehead atoms. The van der Waals surface area contributed by atoms with Crippen LogP contribution in [-0.4, -0.2) is 39.0 Å². The molecule has 2 rings (SSSR count). The van der Waals surface area contributed by atoms with Crippen molar-refractivity contribution in [2.45, 2.75) is 32.3 Å². The molecule has 0 spiro atoms. The van der Waals surface area contributed by atoms with E-state index in [1.165, 1.54) is 17.0 Å². The number of ether oxygens (including phenoxy) is 1. The first kappa shape index (κ1) is 15.7. The van der Waals surface area contributed by atoms with Crippen molar-refractivity contribution in [2.24, 2.45) is 0 Å². The molecule has 2 heterocycles. The van der Waals surface area contributed by atoms with Crippen molar-refractivity contribution in [3.8, 4) is 5.75 Å². The normalized spacial score (nSPS) is 15.9. The number of aromatic nitrogens is 1. The summed E-state index contributed by atoms with van der Waals surface area (Å²) in [7, 11) is 0. The Morgan fingerprint density at radius 2 is 2.18 bits per heavy atom. The smallest absolute Gasteiger partial charge is 0.366 e. The van der Waals surface area contributed by atoms with Crippen molar-refractivity contribution in [3.05, 3.63) is 22.2 Å². The summed E-state index contributed by atoms with van der Waals surface area (Å²) in [4.78, 5) is 38.3. The Bertz CT molecular complexity index is 643. The van der Waals surface area contributed by atoms with Gasteiger partial charge in [-0.1, -0.05) is 0 Å². The van der Waals surface area contributed by atoms with Crippen LogP contribution in [0.2, 0.25) is 0 Å². The van der Waals surface area contributed by atoms with Gasteiger partial charge in [0.1, 0.15) is 0 Å². The van der Waals surface area contributed by atoms with Crippen molar-refractivity contribution in [3.63, 3.8) is 0 Å². The van der Waals surface area contributed by atoms with E-state index < -0.39 is 28.2 Å². The van der Waals surface area contributed by atoms with Gasteiger partial charge in [-0.3, -0.25) is 14.5 Å². The Labute approximate surface area is 125 Å². The lowest BCUT2D eigenvalue weighted by atomic mass is 10.0. The minimum atomic E-state index is -1.14. The van der Waals surface area contributed by atoms with Gasteiger partial charge in [0, 0.05) is 19.0 Å². The number of nitrogens with zero attached hydrogens (tertiary/aromatic N) is 3. The molecule has 1 aromatic rings. The maximum Gasteiger partial charge on any atom is 0.366 e. The maximum absolute atomic E-state index is 12.4. The molecule has 22 heavy (non-hydrogen) atoms. The highest BCUT2D eigenvalue weighted by Gasteiger charge is 2.44. The standard InChI is InChI=1S/C13H15N3O6/c1-13(2)12(19)15(7-3-4-10(17)18)11-8(22-13)5-6-9(14-11)16(20)21/h5-6H,3-4,7H2,1-2H3,(H,17,18). The number of carboxylic acids is 1. The minimum Gasteiger partial charge on any atom is -0.481 e. The monoisotopic (exact) mass is 309 g/mol. The molecule has 0 atom stereocenters. The number of anilines is 1. The topological polar surface area (TPSA) is 123 Å². The van der Waals surface area contributed by atoms with Crippen LogP contribution >= 0.6 is 0 Å². The lowest BCUT2D eigenvalue weighted by Gasteiger charge is -2.35. The Hall–Kier alpha value is -2.71. The highest BCUT2D eigenvalue weighted by atomic mass is 16.6. The van der Waals surface area contributed by atoms with Crippen molar-refractivity contribution in [2.75, 3.05) is 11.4 Å². The van der Waals surface area contributed by atoms with Crippen molar-refractivity contribution < 1.29 is 24.4 Å². The van der Waals surface area contributed by atoms with Gasteiger partial charge >= 0.3 is 11.8 Å². The summed E-state index contributed by atoms with van der Waals surface area (Å²) in [6.45, 7) is 3.24. The van der Waals surface area contributed by atoms with Crippen LogP contribution < -0.4 is 9.64 Å². The number of pyridine rings is 1. The van der Waals surface area contributed by atoms with Gasteiger partial charge in [-0.2, -0.15) is 0 Å². The Morgan fingerprint density at radius 1 is 1.50 bits per heavy atom. The van der Waals surface area contributed by atoms with E-state index in [-0.39, 0.29) is 31.0 Å². The van der Waals surface area contributed by atoms with E-state index in [0.717, 1.165) is 0 Å². The fourth-order valence-corrected chi connectivity index (χ4v) is 2.14. The van der Waals surface area contributed by atoms with E-state index in [2.05, 4.69) is 4.98 Å². The van der Waals surface area contributed by atoms with E-state index in [9.17, 15) is 19.7 Å². The second-order valence-corrected chi connectivity index (χ2v) is 5.31. The summed E-state index contributed by atoms with van der Waals surface area (Å²) in [5, 5.41) is 19.5. The lowest BCUT2D eigenvalue weighted by Crippen LogP contribution is -2.53. The predicted molar refractivity (Wildman–Crippen MR) is 74.8 cm³/mol. The number of nitro groups is 1. The number of hydrogen-bond donors (Lipinski definition) is 1. The fourth-order valence-electron chi connectivity index (χ4n) is 2.14. The van der Waals surface area contributed by atoms with Crippen molar-refractivity contribution in [1.29, 1.82) is 0 Å². The molecule has 0 saturated carbocycles. The first-order valence-corrected chi connectivity index (χ1v) is 6.60. The largest absolute Gasteiger partial charge is 0.481 e. The zero-order chi connectivity index (χ0) is 16.5. The van der Waals surface area contributed by atoms with Crippen molar-refractivity contribution >= 4 is 23.5 Å². The summed E-state index contributed by atoms with van der Waals surface area (Å²) in [6, 6.07) is 2.58. The minimum absolute atomic E-state index is 0.0453. The number of fused-ring (bicyclic) bond motifs is 1. The molecule has 9 nitrogen and oxygen atoms in total. The molecular weight excluding hydrogens is 294 g/mol. The van der Waals surface area contributed by atoms with Gasteiger partial charge in [0.05, 0.1) is 0 Å². The van der Waals surface area contributed by atoms with Crippen LogP contribution in [0.3, 0.4) is 0 Å². The van der Waals surface area contributed by atoms with Gasteiger partial charge in [0.15, 0.2) is 11.4 Å². The summed E-state index contributed by atoms with van der Waals surface area (Å²) in [6.07, 6.45) is 0.0935. The third kappa shape index (κ3) is 2.97. The van der Waals surface area contributed by atoms with E-state index in [0.29, 0.717) is 0 Å². The van der Waals surface area contributed by atoms with Gasteiger partial charge in [0.25, 0.3) is 11.7 Å². The van der Waals surface area contributed by atoms with Gasteiger partial charge < -0.3 is 20.0 Å². The van der Waals surface area contributed by atoms with Crippen LogP contribution in [0.5, 0.6) is 5.75 Å². The first-order chi connectivity index (χ1) is 10.2. The molecule has 0 aliphatic carbocycles. The van der Waals surface area contributed by atoms with Gasteiger partial charge in [-0.05, 0) is 36.2 Å². The third-order valence-corrected chi connectivity index (χ3v) is 3.17. The molecule has 1 amide bonds. The number of aliphatic carboxylic acids is 1. The molecule has 0 aromatic carbocycles. The van der Waals surface area contributed by atoms with Crippen LogP contribution in [0.1, 0.15) is 26.7 Å². The molecule has 0 saturated heterocycles. The summed E-state index contributed by atoms with van der Waals surface area (Å²) in [5.41, 5.74) is -1.14. The Kier molecular flexibility index (Phi) is 3.98. The Morgan fingerprint density at radius 3 is 2.77 bits per heavy atom. The summed E-state index contributed by atoms with van der Waals surface area (Å²) in [5.74, 6) is -1.50. The molecule has 0 unspecified atom stereocenters. The number of amides is 1. The van der Waals surface area contributed by atoms with Gasteiger partial charge in [-0.25, -0.2) is 0 Å². The van der Waals surface area contributed by atoms with Crippen LogP contribution in [0.4, 0.5) is 11.6 Å².